The van der Waals surface area contributed by atoms with Gasteiger partial charge in [0.2, 0.25) is 10.0 Å². The van der Waals surface area contributed by atoms with Crippen LogP contribution in [0, 0.1) is 6.92 Å². The molecule has 6 heteroatoms. The highest BCUT2D eigenvalue weighted by Gasteiger charge is 2.22. The molecule has 21 heavy (non-hydrogen) atoms. The van der Waals surface area contributed by atoms with Gasteiger partial charge in [0, 0.05) is 17.5 Å². The average Bonchev–Trinajstić information content (AvgIpc) is 2.88. The van der Waals surface area contributed by atoms with Crippen LogP contribution in [-0.4, -0.2) is 15.5 Å². The molecule has 0 aliphatic carbocycles. The zero-order valence-electron chi connectivity index (χ0n) is 12.4. The highest BCUT2D eigenvalue weighted by Crippen LogP contribution is 2.24. The molecule has 2 N–H and O–H groups in total. The topological polar surface area (TPSA) is 58.2 Å². The Morgan fingerprint density at radius 2 is 1.95 bits per heavy atom. The Hall–Kier alpha value is -1.21. The van der Waals surface area contributed by atoms with E-state index in [4.69, 9.17) is 0 Å². The first-order valence-electron chi connectivity index (χ1n) is 6.74. The van der Waals surface area contributed by atoms with E-state index in [1.165, 1.54) is 11.3 Å². The van der Waals surface area contributed by atoms with Gasteiger partial charge in [-0.2, -0.15) is 0 Å². The molecule has 1 aromatic heterocycles. The molecule has 0 saturated carbocycles. The first-order chi connectivity index (χ1) is 9.95. The van der Waals surface area contributed by atoms with E-state index in [1.54, 1.807) is 18.5 Å². The van der Waals surface area contributed by atoms with Gasteiger partial charge in [0.05, 0.1) is 4.90 Å². The van der Waals surface area contributed by atoms with Crippen LogP contribution in [0.1, 0.15) is 29.0 Å². The van der Waals surface area contributed by atoms with Crippen LogP contribution < -0.4 is 10.0 Å². The molecule has 0 spiro atoms. The monoisotopic (exact) mass is 324 g/mol. The van der Waals surface area contributed by atoms with Crippen molar-refractivity contribution in [3.8, 4) is 0 Å². The number of hydrogen-bond donors (Lipinski definition) is 2. The van der Waals surface area contributed by atoms with E-state index >= 15 is 0 Å². The summed E-state index contributed by atoms with van der Waals surface area (Å²) < 4.78 is 27.9. The average molecular weight is 324 g/mol. The Bertz CT molecular complexity index is 708. The fourth-order valence-electron chi connectivity index (χ4n) is 2.29. The lowest BCUT2D eigenvalue weighted by Gasteiger charge is -2.17. The predicted octanol–water partition coefficient (Wildman–Crippen LogP) is 2.82. The van der Waals surface area contributed by atoms with E-state index in [0.717, 1.165) is 16.0 Å². The standard InChI is InChI=1S/C15H20N2O2S2/c1-11-6-4-5-7-13(11)12(2)17-21(18,19)15-8-9-20-14(15)10-16-3/h4-9,12,16-17H,10H2,1-3H3. The molecule has 1 heterocycles. The number of nitrogens with one attached hydrogen (secondary N) is 2. The van der Waals surface area contributed by atoms with Gasteiger partial charge in [-0.15, -0.1) is 11.3 Å². The van der Waals surface area contributed by atoms with Gasteiger partial charge < -0.3 is 5.32 Å². The third-order valence-electron chi connectivity index (χ3n) is 3.32. The van der Waals surface area contributed by atoms with Crippen molar-refractivity contribution in [3.05, 3.63) is 51.7 Å². The minimum atomic E-state index is -3.51. The fraction of sp³-hybridized carbons (Fsp3) is 0.333. The van der Waals surface area contributed by atoms with E-state index in [9.17, 15) is 8.42 Å². The molecule has 0 radical (unpaired) electrons. The second-order valence-corrected chi connectivity index (χ2v) is 7.62. The minimum absolute atomic E-state index is 0.265. The van der Waals surface area contributed by atoms with E-state index < -0.39 is 10.0 Å². The third-order valence-corrected chi connectivity index (χ3v) is 5.99. The molecule has 1 aromatic carbocycles. The van der Waals surface area contributed by atoms with Crippen molar-refractivity contribution >= 4 is 21.4 Å². The van der Waals surface area contributed by atoms with Crippen molar-refractivity contribution in [3.63, 3.8) is 0 Å². The molecule has 2 aromatic rings. The summed E-state index contributed by atoms with van der Waals surface area (Å²) in [6.07, 6.45) is 0. The molecule has 1 unspecified atom stereocenters. The quantitative estimate of drug-likeness (QED) is 0.859. The highest BCUT2D eigenvalue weighted by molar-refractivity contribution is 7.89. The molecule has 2 rings (SSSR count). The molecule has 114 valence electrons. The van der Waals surface area contributed by atoms with Gasteiger partial charge in [-0.3, -0.25) is 0 Å². The van der Waals surface area contributed by atoms with Crippen LogP contribution in [0.15, 0.2) is 40.6 Å². The van der Waals surface area contributed by atoms with Crippen molar-refractivity contribution in [1.82, 2.24) is 10.0 Å². The van der Waals surface area contributed by atoms with Crippen molar-refractivity contribution in [2.75, 3.05) is 7.05 Å². The number of rotatable bonds is 6. The molecule has 0 fully saturated rings. The van der Waals surface area contributed by atoms with Crippen molar-refractivity contribution in [2.24, 2.45) is 0 Å². The van der Waals surface area contributed by atoms with Crippen LogP contribution in [0.3, 0.4) is 0 Å². The summed E-state index contributed by atoms with van der Waals surface area (Å²) in [7, 11) is -1.71. The Morgan fingerprint density at radius 3 is 2.62 bits per heavy atom. The zero-order chi connectivity index (χ0) is 15.5. The van der Waals surface area contributed by atoms with Crippen LogP contribution in [0.25, 0.3) is 0 Å². The largest absolute Gasteiger partial charge is 0.315 e. The molecule has 4 nitrogen and oxygen atoms in total. The Kier molecular flexibility index (Phi) is 5.16. The van der Waals surface area contributed by atoms with Crippen LogP contribution in [0.2, 0.25) is 0 Å². The molecule has 1 atom stereocenters. The lowest BCUT2D eigenvalue weighted by atomic mass is 10.0. The molecule has 0 aliphatic heterocycles. The van der Waals surface area contributed by atoms with Gasteiger partial charge in [0.25, 0.3) is 0 Å². The van der Waals surface area contributed by atoms with Gasteiger partial charge in [0.15, 0.2) is 0 Å². The zero-order valence-corrected chi connectivity index (χ0v) is 14.0. The predicted molar refractivity (Wildman–Crippen MR) is 87.0 cm³/mol. The second kappa shape index (κ2) is 6.70. The third kappa shape index (κ3) is 3.71. The summed E-state index contributed by atoms with van der Waals surface area (Å²) in [4.78, 5) is 1.18. The van der Waals surface area contributed by atoms with Crippen LogP contribution >= 0.6 is 11.3 Å². The van der Waals surface area contributed by atoms with Crippen LogP contribution in [-0.2, 0) is 16.6 Å². The smallest absolute Gasteiger partial charge is 0.242 e. The van der Waals surface area contributed by atoms with E-state index in [2.05, 4.69) is 10.0 Å². The summed E-state index contributed by atoms with van der Waals surface area (Å²) >= 11 is 1.45. The maximum atomic E-state index is 12.6. The second-order valence-electron chi connectivity index (χ2n) is 4.94. The van der Waals surface area contributed by atoms with Crippen molar-refractivity contribution in [1.29, 1.82) is 0 Å². The summed E-state index contributed by atoms with van der Waals surface area (Å²) in [5.74, 6) is 0. The van der Waals surface area contributed by atoms with Gasteiger partial charge >= 0.3 is 0 Å². The minimum Gasteiger partial charge on any atom is -0.315 e. The van der Waals surface area contributed by atoms with Gasteiger partial charge in [0.1, 0.15) is 0 Å². The van der Waals surface area contributed by atoms with Crippen LogP contribution in [0.5, 0.6) is 0 Å². The Balaban J connectivity index is 2.25. The number of benzene rings is 1. The molecular formula is C15H20N2O2S2. The maximum absolute atomic E-state index is 12.6. The van der Waals surface area contributed by atoms with E-state index in [1.807, 2.05) is 38.1 Å². The summed E-state index contributed by atoms with van der Waals surface area (Å²) in [6.45, 7) is 4.40. The first-order valence-corrected chi connectivity index (χ1v) is 9.11. The molecule has 0 aliphatic rings. The summed E-state index contributed by atoms with van der Waals surface area (Å²) in [6, 6.07) is 9.19. The maximum Gasteiger partial charge on any atom is 0.242 e. The van der Waals surface area contributed by atoms with Gasteiger partial charge in [-0.05, 0) is 43.5 Å². The summed E-state index contributed by atoms with van der Waals surface area (Å²) in [5, 5.41) is 4.80. The fourth-order valence-corrected chi connectivity index (χ4v) is 4.97. The van der Waals surface area contributed by atoms with E-state index in [-0.39, 0.29) is 6.04 Å². The number of aryl methyl sites for hydroxylation is 1. The lowest BCUT2D eigenvalue weighted by molar-refractivity contribution is 0.565. The van der Waals surface area contributed by atoms with Crippen molar-refractivity contribution < 1.29 is 8.42 Å². The summed E-state index contributed by atoms with van der Waals surface area (Å²) in [5.41, 5.74) is 2.07. The van der Waals surface area contributed by atoms with Crippen LogP contribution in [0.4, 0.5) is 0 Å². The first kappa shape index (κ1) is 16.2. The lowest BCUT2D eigenvalue weighted by Crippen LogP contribution is -2.28. The molecule has 0 saturated heterocycles. The molecule has 0 bridgehead atoms. The number of thiophene rings is 1. The van der Waals surface area contributed by atoms with Crippen molar-refractivity contribution in [2.45, 2.75) is 31.3 Å². The molecular weight excluding hydrogens is 304 g/mol. The SMILES string of the molecule is CNCc1sccc1S(=O)(=O)NC(C)c1ccccc1C. The number of sulfonamides is 1. The Morgan fingerprint density at radius 1 is 1.24 bits per heavy atom. The highest BCUT2D eigenvalue weighted by atomic mass is 32.2. The van der Waals surface area contributed by atoms with Gasteiger partial charge in [-0.25, -0.2) is 13.1 Å². The van der Waals surface area contributed by atoms with Gasteiger partial charge in [-0.1, -0.05) is 24.3 Å². The normalized spacial score (nSPS) is 13.3. The Labute approximate surface area is 130 Å². The molecule has 0 amide bonds. The number of hydrogen-bond acceptors (Lipinski definition) is 4. The van der Waals surface area contributed by atoms with E-state index in [0.29, 0.717) is 11.4 Å².